The van der Waals surface area contributed by atoms with E-state index in [1.807, 2.05) is 0 Å². The third-order valence-electron chi connectivity index (χ3n) is 4.01. The Balaban J connectivity index is 1.68. The van der Waals surface area contributed by atoms with Crippen molar-refractivity contribution in [1.29, 1.82) is 0 Å². The van der Waals surface area contributed by atoms with Crippen LogP contribution in [0.25, 0.3) is 0 Å². The van der Waals surface area contributed by atoms with Gasteiger partial charge in [-0.05, 0) is 48.5 Å². The van der Waals surface area contributed by atoms with E-state index in [1.54, 1.807) is 36.4 Å². The summed E-state index contributed by atoms with van der Waals surface area (Å²) in [6.45, 7) is -0.249. The molecule has 2 N–H and O–H groups in total. The molecule has 8 heteroatoms. The average molecular weight is 429 g/mol. The second-order valence-corrected chi connectivity index (χ2v) is 6.55. The Labute approximate surface area is 177 Å². The van der Waals surface area contributed by atoms with Gasteiger partial charge in [-0.25, -0.2) is 4.39 Å². The Kier molecular flexibility index (Phi) is 6.87. The number of hydrogen-bond acceptors (Lipinski definition) is 4. The smallest absolute Gasteiger partial charge is 0.262 e. The quantitative estimate of drug-likeness (QED) is 0.569. The number of benzene rings is 3. The topological polar surface area (TPSA) is 76.7 Å². The third kappa shape index (κ3) is 5.48. The molecule has 0 aliphatic heterocycles. The van der Waals surface area contributed by atoms with Gasteiger partial charge in [-0.2, -0.15) is 0 Å². The highest BCUT2D eigenvalue weighted by molar-refractivity contribution is 6.32. The zero-order valence-corrected chi connectivity index (χ0v) is 16.7. The molecular formula is C22H18ClFN2O4. The normalized spacial score (nSPS) is 10.2. The molecule has 0 fully saturated rings. The molecule has 6 nitrogen and oxygen atoms in total. The summed E-state index contributed by atoms with van der Waals surface area (Å²) in [6.07, 6.45) is 0. The SMILES string of the molecule is COc1ccc(NC(=O)COc2ccccc2Cl)cc1NC(=O)c1cccc(F)c1. The van der Waals surface area contributed by atoms with Crippen molar-refractivity contribution >= 4 is 34.8 Å². The van der Waals surface area contributed by atoms with E-state index in [9.17, 15) is 14.0 Å². The minimum Gasteiger partial charge on any atom is -0.495 e. The van der Waals surface area contributed by atoms with Crippen molar-refractivity contribution in [1.82, 2.24) is 0 Å². The molecule has 0 spiro atoms. The number of anilines is 2. The Bertz CT molecular complexity index is 1070. The lowest BCUT2D eigenvalue weighted by atomic mass is 10.2. The summed E-state index contributed by atoms with van der Waals surface area (Å²) < 4.78 is 24.0. The molecule has 2 amide bonds. The van der Waals surface area contributed by atoms with Crippen LogP contribution in [0, 0.1) is 5.82 Å². The van der Waals surface area contributed by atoms with Gasteiger partial charge in [0.15, 0.2) is 6.61 Å². The number of para-hydroxylation sites is 1. The Hall–Kier alpha value is -3.58. The third-order valence-corrected chi connectivity index (χ3v) is 4.33. The predicted molar refractivity (Wildman–Crippen MR) is 113 cm³/mol. The molecule has 0 heterocycles. The first-order valence-electron chi connectivity index (χ1n) is 8.88. The van der Waals surface area contributed by atoms with E-state index in [2.05, 4.69) is 10.6 Å². The van der Waals surface area contributed by atoms with Crippen LogP contribution >= 0.6 is 11.6 Å². The molecule has 3 aromatic rings. The van der Waals surface area contributed by atoms with Gasteiger partial charge in [-0.1, -0.05) is 29.8 Å². The summed E-state index contributed by atoms with van der Waals surface area (Å²) in [5.41, 5.74) is 0.884. The molecule has 3 rings (SSSR count). The van der Waals surface area contributed by atoms with Gasteiger partial charge in [0.25, 0.3) is 11.8 Å². The van der Waals surface area contributed by atoms with Crippen LogP contribution < -0.4 is 20.1 Å². The Morgan fingerprint density at radius 1 is 0.967 bits per heavy atom. The first-order valence-corrected chi connectivity index (χ1v) is 9.26. The predicted octanol–water partition coefficient (Wildman–Crippen LogP) is 4.76. The van der Waals surface area contributed by atoms with Crippen LogP contribution in [0.1, 0.15) is 10.4 Å². The van der Waals surface area contributed by atoms with E-state index in [-0.39, 0.29) is 12.2 Å². The van der Waals surface area contributed by atoms with Gasteiger partial charge >= 0.3 is 0 Å². The first kappa shape index (κ1) is 21.1. The summed E-state index contributed by atoms with van der Waals surface area (Å²) in [7, 11) is 1.45. The highest BCUT2D eigenvalue weighted by atomic mass is 35.5. The minimum atomic E-state index is -0.519. The van der Waals surface area contributed by atoms with Crippen LogP contribution in [-0.2, 0) is 4.79 Å². The number of rotatable bonds is 7. The van der Waals surface area contributed by atoms with Crippen molar-refractivity contribution in [2.75, 3.05) is 24.4 Å². The summed E-state index contributed by atoms with van der Waals surface area (Å²) >= 11 is 6.00. The number of hydrogen-bond donors (Lipinski definition) is 2. The maximum atomic E-state index is 13.4. The standard InChI is InChI=1S/C22H18ClFN2O4/c1-29-20-10-9-16(25-21(27)13-30-19-8-3-2-7-17(19)23)12-18(20)26-22(28)14-5-4-6-15(24)11-14/h2-12H,13H2,1H3,(H,25,27)(H,26,28). The number of methoxy groups -OCH3 is 1. The van der Waals surface area contributed by atoms with Gasteiger partial charge in [0, 0.05) is 11.3 Å². The minimum absolute atomic E-state index is 0.152. The van der Waals surface area contributed by atoms with Crippen LogP contribution in [0.3, 0.4) is 0 Å². The highest BCUT2D eigenvalue weighted by Gasteiger charge is 2.13. The van der Waals surface area contributed by atoms with Gasteiger partial charge in [0.2, 0.25) is 0 Å². The molecule has 0 saturated carbocycles. The molecular weight excluding hydrogens is 411 g/mol. The van der Waals surface area contributed by atoms with E-state index in [1.165, 1.54) is 31.4 Å². The lowest BCUT2D eigenvalue weighted by molar-refractivity contribution is -0.118. The Morgan fingerprint density at radius 3 is 2.50 bits per heavy atom. The van der Waals surface area contributed by atoms with Crippen LogP contribution in [-0.4, -0.2) is 25.5 Å². The molecule has 0 aliphatic carbocycles. The zero-order valence-electron chi connectivity index (χ0n) is 15.9. The summed E-state index contributed by atoms with van der Waals surface area (Å²) in [6, 6.07) is 16.9. The number of amides is 2. The average Bonchev–Trinajstić information content (AvgIpc) is 2.73. The van der Waals surface area contributed by atoms with E-state index in [0.717, 1.165) is 6.07 Å². The Morgan fingerprint density at radius 2 is 1.77 bits per heavy atom. The molecule has 3 aromatic carbocycles. The van der Waals surface area contributed by atoms with Gasteiger partial charge < -0.3 is 20.1 Å². The van der Waals surface area contributed by atoms with Crippen molar-refractivity contribution in [2.45, 2.75) is 0 Å². The van der Waals surface area contributed by atoms with E-state index >= 15 is 0 Å². The molecule has 30 heavy (non-hydrogen) atoms. The van der Waals surface area contributed by atoms with Crippen LogP contribution in [0.15, 0.2) is 66.7 Å². The maximum Gasteiger partial charge on any atom is 0.262 e. The van der Waals surface area contributed by atoms with Gasteiger partial charge in [-0.15, -0.1) is 0 Å². The van der Waals surface area contributed by atoms with Crippen LogP contribution in [0.2, 0.25) is 5.02 Å². The fraction of sp³-hybridized carbons (Fsp3) is 0.0909. The van der Waals surface area contributed by atoms with Gasteiger partial charge in [0.1, 0.15) is 17.3 Å². The fourth-order valence-corrected chi connectivity index (χ4v) is 2.80. The molecule has 0 bridgehead atoms. The number of carbonyl (C=O) groups is 2. The number of nitrogens with one attached hydrogen (secondary N) is 2. The second-order valence-electron chi connectivity index (χ2n) is 6.15. The molecule has 0 aliphatic rings. The zero-order chi connectivity index (χ0) is 21.5. The maximum absolute atomic E-state index is 13.4. The molecule has 154 valence electrons. The van der Waals surface area contributed by atoms with Crippen molar-refractivity contribution in [3.05, 3.63) is 83.1 Å². The van der Waals surface area contributed by atoms with Crippen molar-refractivity contribution in [3.8, 4) is 11.5 Å². The summed E-state index contributed by atoms with van der Waals surface area (Å²) in [4.78, 5) is 24.6. The largest absolute Gasteiger partial charge is 0.495 e. The summed E-state index contributed by atoms with van der Waals surface area (Å²) in [5, 5.41) is 5.73. The van der Waals surface area contributed by atoms with Gasteiger partial charge in [-0.3, -0.25) is 9.59 Å². The van der Waals surface area contributed by atoms with E-state index < -0.39 is 17.6 Å². The lowest BCUT2D eigenvalue weighted by Crippen LogP contribution is -2.20. The monoisotopic (exact) mass is 428 g/mol. The lowest BCUT2D eigenvalue weighted by Gasteiger charge is -2.13. The highest BCUT2D eigenvalue weighted by Crippen LogP contribution is 2.28. The second kappa shape index (κ2) is 9.76. The molecule has 0 saturated heterocycles. The van der Waals surface area contributed by atoms with Crippen LogP contribution in [0.5, 0.6) is 11.5 Å². The van der Waals surface area contributed by atoms with E-state index in [4.69, 9.17) is 21.1 Å². The molecule has 0 atom stereocenters. The summed E-state index contributed by atoms with van der Waals surface area (Å²) in [5.74, 6) is -0.674. The number of carbonyl (C=O) groups excluding carboxylic acids is 2. The van der Waals surface area contributed by atoms with Crippen LogP contribution in [0.4, 0.5) is 15.8 Å². The number of halogens is 2. The van der Waals surface area contributed by atoms with Crippen molar-refractivity contribution < 1.29 is 23.5 Å². The molecule has 0 unspecified atom stereocenters. The van der Waals surface area contributed by atoms with Crippen molar-refractivity contribution in [2.24, 2.45) is 0 Å². The van der Waals surface area contributed by atoms with Gasteiger partial charge in [0.05, 0.1) is 17.8 Å². The number of ether oxygens (including phenoxy) is 2. The molecule has 0 radical (unpaired) electrons. The van der Waals surface area contributed by atoms with Crippen molar-refractivity contribution in [3.63, 3.8) is 0 Å². The first-order chi connectivity index (χ1) is 14.5. The fourth-order valence-electron chi connectivity index (χ4n) is 2.61. The molecule has 0 aromatic heterocycles. The van der Waals surface area contributed by atoms with E-state index in [0.29, 0.717) is 27.9 Å².